The van der Waals surface area contributed by atoms with Crippen LogP contribution in [0.25, 0.3) is 0 Å². The SMILES string of the molecule is CNCc1cccc(OC)c1OCCSC(F)(F)F. The van der Waals surface area contributed by atoms with Crippen molar-refractivity contribution in [3.63, 3.8) is 0 Å². The Kier molecular flexibility index (Phi) is 6.30. The first-order chi connectivity index (χ1) is 8.98. The highest BCUT2D eigenvalue weighted by Gasteiger charge is 2.27. The van der Waals surface area contributed by atoms with E-state index in [9.17, 15) is 13.2 Å². The van der Waals surface area contributed by atoms with Crippen LogP contribution in [0.4, 0.5) is 13.2 Å². The Bertz CT molecular complexity index is 399. The van der Waals surface area contributed by atoms with Gasteiger partial charge in [-0.3, -0.25) is 0 Å². The largest absolute Gasteiger partial charge is 0.493 e. The van der Waals surface area contributed by atoms with Gasteiger partial charge in [0.15, 0.2) is 11.5 Å². The van der Waals surface area contributed by atoms with Crippen LogP contribution in [0.5, 0.6) is 11.5 Å². The van der Waals surface area contributed by atoms with Gasteiger partial charge < -0.3 is 14.8 Å². The molecule has 0 aromatic heterocycles. The van der Waals surface area contributed by atoms with Crippen molar-refractivity contribution >= 4 is 11.8 Å². The molecule has 0 saturated heterocycles. The maximum atomic E-state index is 12.0. The number of benzene rings is 1. The Morgan fingerprint density at radius 2 is 2.05 bits per heavy atom. The predicted molar refractivity (Wildman–Crippen MR) is 69.8 cm³/mol. The zero-order valence-electron chi connectivity index (χ0n) is 10.7. The van der Waals surface area contributed by atoms with Crippen molar-refractivity contribution in [2.24, 2.45) is 0 Å². The molecule has 0 heterocycles. The molecule has 0 aliphatic heterocycles. The van der Waals surface area contributed by atoms with Gasteiger partial charge in [0, 0.05) is 17.9 Å². The van der Waals surface area contributed by atoms with Gasteiger partial charge in [0.2, 0.25) is 0 Å². The van der Waals surface area contributed by atoms with Crippen LogP contribution in [0, 0.1) is 0 Å². The Morgan fingerprint density at radius 3 is 2.63 bits per heavy atom. The minimum atomic E-state index is -4.22. The molecule has 0 radical (unpaired) electrons. The fourth-order valence-electron chi connectivity index (χ4n) is 1.52. The second-order valence-corrected chi connectivity index (χ2v) is 4.78. The normalized spacial score (nSPS) is 11.4. The number of alkyl halides is 3. The molecule has 19 heavy (non-hydrogen) atoms. The summed E-state index contributed by atoms with van der Waals surface area (Å²) in [6, 6.07) is 5.36. The molecular weight excluding hydrogens is 279 g/mol. The van der Waals surface area contributed by atoms with E-state index in [1.165, 1.54) is 7.11 Å². The van der Waals surface area contributed by atoms with Gasteiger partial charge in [0.25, 0.3) is 0 Å². The van der Waals surface area contributed by atoms with Gasteiger partial charge in [0.05, 0.1) is 13.7 Å². The van der Waals surface area contributed by atoms with E-state index in [-0.39, 0.29) is 24.1 Å². The van der Waals surface area contributed by atoms with Gasteiger partial charge in [-0.2, -0.15) is 13.2 Å². The molecule has 0 amide bonds. The van der Waals surface area contributed by atoms with Crippen molar-refractivity contribution in [3.8, 4) is 11.5 Å². The van der Waals surface area contributed by atoms with Crippen LogP contribution in [0.3, 0.4) is 0 Å². The summed E-state index contributed by atoms with van der Waals surface area (Å²) >= 11 is -0.0960. The average molecular weight is 295 g/mol. The lowest BCUT2D eigenvalue weighted by Gasteiger charge is -2.15. The number of thioether (sulfide) groups is 1. The molecule has 7 heteroatoms. The fraction of sp³-hybridized carbons (Fsp3) is 0.500. The molecule has 0 fully saturated rings. The maximum Gasteiger partial charge on any atom is 0.441 e. The monoisotopic (exact) mass is 295 g/mol. The molecule has 0 unspecified atom stereocenters. The Hall–Kier alpha value is -1.08. The molecule has 1 rings (SSSR count). The Balaban J connectivity index is 2.64. The van der Waals surface area contributed by atoms with Gasteiger partial charge in [-0.15, -0.1) is 0 Å². The summed E-state index contributed by atoms with van der Waals surface area (Å²) < 4.78 is 46.6. The van der Waals surface area contributed by atoms with Crippen molar-refractivity contribution in [2.45, 2.75) is 12.1 Å². The highest BCUT2D eigenvalue weighted by Crippen LogP contribution is 2.33. The highest BCUT2D eigenvalue weighted by molar-refractivity contribution is 8.00. The zero-order chi connectivity index (χ0) is 14.3. The quantitative estimate of drug-likeness (QED) is 0.783. The standard InChI is InChI=1S/C12H16F3NO2S/c1-16-8-9-4-3-5-10(17-2)11(9)18-6-7-19-12(13,14)15/h3-5,16H,6-8H2,1-2H3. The van der Waals surface area contributed by atoms with E-state index in [1.807, 2.05) is 12.1 Å². The smallest absolute Gasteiger partial charge is 0.441 e. The highest BCUT2D eigenvalue weighted by atomic mass is 32.2. The Morgan fingerprint density at radius 1 is 1.32 bits per heavy atom. The molecule has 0 aliphatic rings. The molecule has 0 atom stereocenters. The zero-order valence-corrected chi connectivity index (χ0v) is 11.5. The lowest BCUT2D eigenvalue weighted by molar-refractivity contribution is -0.0329. The summed E-state index contributed by atoms with van der Waals surface area (Å²) in [5, 5.41) is 2.97. The summed E-state index contributed by atoms with van der Waals surface area (Å²) in [5.41, 5.74) is -3.38. The summed E-state index contributed by atoms with van der Waals surface area (Å²) in [4.78, 5) is 0. The fourth-order valence-corrected chi connectivity index (χ4v) is 1.91. The van der Waals surface area contributed by atoms with E-state index >= 15 is 0 Å². The molecule has 1 aromatic rings. The third kappa shape index (κ3) is 5.61. The van der Waals surface area contributed by atoms with E-state index in [0.717, 1.165) is 5.56 Å². The minimum Gasteiger partial charge on any atom is -0.493 e. The van der Waals surface area contributed by atoms with Crippen LogP contribution < -0.4 is 14.8 Å². The summed E-state index contributed by atoms with van der Waals surface area (Å²) in [5.74, 6) is 0.854. The van der Waals surface area contributed by atoms with Gasteiger partial charge in [-0.05, 0) is 24.9 Å². The average Bonchev–Trinajstić information content (AvgIpc) is 2.35. The lowest BCUT2D eigenvalue weighted by Crippen LogP contribution is -2.11. The van der Waals surface area contributed by atoms with Gasteiger partial charge in [0.1, 0.15) is 0 Å². The van der Waals surface area contributed by atoms with Crippen LogP contribution in [-0.4, -0.2) is 32.0 Å². The van der Waals surface area contributed by atoms with Crippen molar-refractivity contribution in [1.82, 2.24) is 5.32 Å². The number of para-hydroxylation sites is 1. The number of methoxy groups -OCH3 is 1. The number of halogens is 3. The number of hydrogen-bond donors (Lipinski definition) is 1. The van der Waals surface area contributed by atoms with E-state index in [1.54, 1.807) is 13.1 Å². The van der Waals surface area contributed by atoms with Crippen LogP contribution in [0.2, 0.25) is 0 Å². The van der Waals surface area contributed by atoms with Gasteiger partial charge in [-0.25, -0.2) is 0 Å². The lowest BCUT2D eigenvalue weighted by atomic mass is 10.2. The molecule has 0 saturated carbocycles. The van der Waals surface area contributed by atoms with Gasteiger partial charge in [-0.1, -0.05) is 12.1 Å². The first kappa shape index (κ1) is 16.0. The first-order valence-corrected chi connectivity index (χ1v) is 6.60. The number of rotatable bonds is 7. The predicted octanol–water partition coefficient (Wildman–Crippen LogP) is 3.05. The van der Waals surface area contributed by atoms with Crippen molar-refractivity contribution in [1.29, 1.82) is 0 Å². The van der Waals surface area contributed by atoms with Crippen LogP contribution in [0.15, 0.2) is 18.2 Å². The second kappa shape index (κ2) is 7.49. The third-order valence-electron chi connectivity index (χ3n) is 2.24. The molecule has 0 spiro atoms. The van der Waals surface area contributed by atoms with Crippen molar-refractivity contribution in [2.75, 3.05) is 26.5 Å². The first-order valence-electron chi connectivity index (χ1n) is 5.62. The van der Waals surface area contributed by atoms with E-state index < -0.39 is 5.51 Å². The third-order valence-corrected chi connectivity index (χ3v) is 2.94. The van der Waals surface area contributed by atoms with Crippen LogP contribution in [-0.2, 0) is 6.54 Å². The van der Waals surface area contributed by atoms with Crippen LogP contribution >= 0.6 is 11.8 Å². The number of hydrogen-bond acceptors (Lipinski definition) is 4. The summed E-state index contributed by atoms with van der Waals surface area (Å²) in [6.45, 7) is 0.528. The second-order valence-electron chi connectivity index (χ2n) is 3.62. The molecule has 3 nitrogen and oxygen atoms in total. The molecule has 108 valence electrons. The van der Waals surface area contributed by atoms with E-state index in [0.29, 0.717) is 18.0 Å². The molecule has 0 aliphatic carbocycles. The minimum absolute atomic E-state index is 0.0265. The summed E-state index contributed by atoms with van der Waals surface area (Å²) in [6.07, 6.45) is 0. The van der Waals surface area contributed by atoms with Gasteiger partial charge >= 0.3 is 5.51 Å². The topological polar surface area (TPSA) is 30.5 Å². The van der Waals surface area contributed by atoms with Crippen LogP contribution in [0.1, 0.15) is 5.56 Å². The molecule has 1 aromatic carbocycles. The Labute approximate surface area is 114 Å². The molecule has 0 bridgehead atoms. The molecule has 1 N–H and O–H groups in total. The van der Waals surface area contributed by atoms with Crippen molar-refractivity contribution in [3.05, 3.63) is 23.8 Å². The van der Waals surface area contributed by atoms with E-state index in [2.05, 4.69) is 5.32 Å². The van der Waals surface area contributed by atoms with E-state index in [4.69, 9.17) is 9.47 Å². The molecular formula is C12H16F3NO2S. The summed E-state index contributed by atoms with van der Waals surface area (Å²) in [7, 11) is 3.28. The number of ether oxygens (including phenoxy) is 2. The maximum absolute atomic E-state index is 12.0. The number of nitrogens with one attached hydrogen (secondary N) is 1. The van der Waals surface area contributed by atoms with Crippen molar-refractivity contribution < 1.29 is 22.6 Å².